The van der Waals surface area contributed by atoms with Crippen LogP contribution in [0.1, 0.15) is 5.56 Å². The third-order valence-electron chi connectivity index (χ3n) is 2.45. The Bertz CT molecular complexity index is 524. The van der Waals surface area contributed by atoms with Crippen LogP contribution in [0.4, 0.5) is 11.5 Å². The zero-order valence-corrected chi connectivity index (χ0v) is 10.6. The van der Waals surface area contributed by atoms with Crippen LogP contribution in [0.15, 0.2) is 35.6 Å². The molecule has 0 aliphatic rings. The van der Waals surface area contributed by atoms with Crippen molar-refractivity contribution in [3.63, 3.8) is 0 Å². The summed E-state index contributed by atoms with van der Waals surface area (Å²) in [5, 5.41) is 6.77. The number of nitrogens with zero attached hydrogens (tertiary/aromatic N) is 3. The molecule has 18 heavy (non-hydrogen) atoms. The maximum Gasteiger partial charge on any atom is 0.169 e. The van der Waals surface area contributed by atoms with Crippen LogP contribution in [0.3, 0.4) is 0 Å². The van der Waals surface area contributed by atoms with Crippen LogP contribution in [0.2, 0.25) is 0 Å². The van der Waals surface area contributed by atoms with Crippen molar-refractivity contribution in [2.45, 2.75) is 6.54 Å². The van der Waals surface area contributed by atoms with Crippen molar-refractivity contribution in [3.05, 3.63) is 40.9 Å². The first kappa shape index (κ1) is 14.0. The molecule has 0 amide bonds. The van der Waals surface area contributed by atoms with E-state index in [4.69, 9.17) is 10.5 Å². The Kier molecular flexibility index (Phi) is 4.67. The van der Waals surface area contributed by atoms with Crippen LogP contribution < -0.4 is 10.5 Å². The van der Waals surface area contributed by atoms with E-state index in [1.54, 1.807) is 7.11 Å². The number of nitroso groups, excluding NO2 is 1. The van der Waals surface area contributed by atoms with Gasteiger partial charge in [0.2, 0.25) is 0 Å². The van der Waals surface area contributed by atoms with Gasteiger partial charge >= 0.3 is 0 Å². The summed E-state index contributed by atoms with van der Waals surface area (Å²) in [7, 11) is 1.61. The average molecular weight is 269 g/mol. The highest BCUT2D eigenvalue weighted by Crippen LogP contribution is 2.21. The molecule has 0 aliphatic carbocycles. The molecule has 7 heteroatoms. The summed E-state index contributed by atoms with van der Waals surface area (Å²) < 4.78 is 6.59. The Labute approximate surface area is 110 Å². The van der Waals surface area contributed by atoms with E-state index in [0.717, 1.165) is 11.3 Å². The predicted octanol–water partition coefficient (Wildman–Crippen LogP) is 2.34. The lowest BCUT2D eigenvalue weighted by atomic mass is 10.2. The highest BCUT2D eigenvalue weighted by molar-refractivity contribution is 5.85. The van der Waals surface area contributed by atoms with Gasteiger partial charge in [0, 0.05) is 0 Å². The molecule has 1 heterocycles. The molecule has 0 radical (unpaired) electrons. The molecule has 2 N–H and O–H groups in total. The molecule has 1 aromatic carbocycles. The quantitative estimate of drug-likeness (QED) is 0.863. The van der Waals surface area contributed by atoms with Crippen molar-refractivity contribution in [3.8, 4) is 5.75 Å². The molecular weight excluding hydrogens is 256 g/mol. The van der Waals surface area contributed by atoms with Crippen molar-refractivity contribution in [1.29, 1.82) is 0 Å². The topological polar surface area (TPSA) is 82.5 Å². The van der Waals surface area contributed by atoms with Gasteiger partial charge in [-0.05, 0) is 22.9 Å². The zero-order valence-electron chi connectivity index (χ0n) is 9.74. The molecule has 0 saturated heterocycles. The first-order chi connectivity index (χ1) is 8.24. The summed E-state index contributed by atoms with van der Waals surface area (Å²) in [6.45, 7) is 0.491. The van der Waals surface area contributed by atoms with Crippen molar-refractivity contribution in [1.82, 2.24) is 9.78 Å². The van der Waals surface area contributed by atoms with E-state index >= 15 is 0 Å². The largest absolute Gasteiger partial charge is 0.497 e. The number of methoxy groups -OCH3 is 1. The van der Waals surface area contributed by atoms with Gasteiger partial charge in [-0.2, -0.15) is 5.10 Å². The molecule has 0 bridgehead atoms. The van der Waals surface area contributed by atoms with E-state index in [9.17, 15) is 4.91 Å². The van der Waals surface area contributed by atoms with Gasteiger partial charge in [-0.3, -0.25) is 0 Å². The maximum atomic E-state index is 10.4. The number of rotatable bonds is 4. The summed E-state index contributed by atoms with van der Waals surface area (Å²) in [4.78, 5) is 10.4. The molecule has 2 aromatic rings. The van der Waals surface area contributed by atoms with E-state index in [1.165, 1.54) is 10.9 Å². The van der Waals surface area contributed by atoms with Gasteiger partial charge < -0.3 is 10.5 Å². The lowest BCUT2D eigenvalue weighted by Gasteiger charge is -2.05. The number of hydrogen-bond donors (Lipinski definition) is 1. The lowest BCUT2D eigenvalue weighted by Crippen LogP contribution is -2.05. The first-order valence-electron chi connectivity index (χ1n) is 5.02. The second kappa shape index (κ2) is 6.02. The van der Waals surface area contributed by atoms with Crippen molar-refractivity contribution < 1.29 is 4.74 Å². The third kappa shape index (κ3) is 2.78. The van der Waals surface area contributed by atoms with Crippen molar-refractivity contribution in [2.75, 3.05) is 12.8 Å². The number of aromatic nitrogens is 2. The molecular formula is C11H13ClN4O2. The number of benzene rings is 1. The monoisotopic (exact) mass is 268 g/mol. The van der Waals surface area contributed by atoms with Crippen LogP contribution in [-0.2, 0) is 6.54 Å². The molecule has 0 spiro atoms. The van der Waals surface area contributed by atoms with Crippen LogP contribution in [-0.4, -0.2) is 16.9 Å². The molecule has 96 valence electrons. The van der Waals surface area contributed by atoms with Gasteiger partial charge in [0.1, 0.15) is 5.75 Å². The predicted molar refractivity (Wildman–Crippen MR) is 71.4 cm³/mol. The Morgan fingerprint density at radius 3 is 2.56 bits per heavy atom. The second-order valence-electron chi connectivity index (χ2n) is 3.51. The number of nitrogen functional groups attached to an aromatic ring is 1. The van der Waals surface area contributed by atoms with Crippen LogP contribution in [0.5, 0.6) is 5.75 Å². The fraction of sp³-hybridized carbons (Fsp3) is 0.182. The van der Waals surface area contributed by atoms with Gasteiger partial charge in [0.15, 0.2) is 11.5 Å². The third-order valence-corrected chi connectivity index (χ3v) is 2.45. The molecule has 0 atom stereocenters. The standard InChI is InChI=1S/C11H12N4O2.ClH/c1-17-9-4-2-8(3-5-9)7-15-11(12)10(14-16)6-13-15;/h2-6H,7,12H2,1H3;1H. The molecule has 1 aromatic heterocycles. The molecule has 0 saturated carbocycles. The molecule has 0 aliphatic heterocycles. The zero-order chi connectivity index (χ0) is 12.3. The van der Waals surface area contributed by atoms with Crippen LogP contribution >= 0.6 is 12.4 Å². The first-order valence-corrected chi connectivity index (χ1v) is 5.02. The van der Waals surface area contributed by atoms with Gasteiger partial charge in [0.05, 0.1) is 19.9 Å². The molecule has 0 fully saturated rings. The Balaban J connectivity index is 0.00000162. The van der Waals surface area contributed by atoms with Gasteiger partial charge in [-0.25, -0.2) is 4.68 Å². The minimum Gasteiger partial charge on any atom is -0.497 e. The van der Waals surface area contributed by atoms with Crippen molar-refractivity contribution >= 4 is 23.9 Å². The minimum absolute atomic E-state index is 0. The molecule has 2 rings (SSSR count). The average Bonchev–Trinajstić information content (AvgIpc) is 2.71. The van der Waals surface area contributed by atoms with E-state index in [-0.39, 0.29) is 23.9 Å². The summed E-state index contributed by atoms with van der Waals surface area (Å²) in [5.74, 6) is 1.06. The smallest absolute Gasteiger partial charge is 0.169 e. The highest BCUT2D eigenvalue weighted by atomic mass is 35.5. The highest BCUT2D eigenvalue weighted by Gasteiger charge is 2.07. The van der Waals surface area contributed by atoms with E-state index in [2.05, 4.69) is 10.3 Å². The summed E-state index contributed by atoms with van der Waals surface area (Å²) in [6, 6.07) is 7.53. The molecule has 6 nitrogen and oxygen atoms in total. The maximum absolute atomic E-state index is 10.4. The van der Waals surface area contributed by atoms with E-state index < -0.39 is 0 Å². The van der Waals surface area contributed by atoms with Gasteiger partial charge in [0.25, 0.3) is 0 Å². The minimum atomic E-state index is 0. The summed E-state index contributed by atoms with van der Waals surface area (Å²) >= 11 is 0. The van der Waals surface area contributed by atoms with Gasteiger partial charge in [-0.15, -0.1) is 17.3 Å². The van der Waals surface area contributed by atoms with Gasteiger partial charge in [-0.1, -0.05) is 12.1 Å². The van der Waals surface area contributed by atoms with E-state index in [1.807, 2.05) is 24.3 Å². The Morgan fingerprint density at radius 1 is 1.39 bits per heavy atom. The Hall–Kier alpha value is -2.08. The SMILES string of the molecule is COc1ccc(Cn2ncc(N=O)c2N)cc1.Cl. The van der Waals surface area contributed by atoms with Crippen LogP contribution in [0, 0.1) is 4.91 Å². The number of anilines is 1. The fourth-order valence-corrected chi connectivity index (χ4v) is 1.49. The fourth-order valence-electron chi connectivity index (χ4n) is 1.49. The summed E-state index contributed by atoms with van der Waals surface area (Å²) in [5.41, 5.74) is 6.88. The molecule has 0 unspecified atom stereocenters. The van der Waals surface area contributed by atoms with E-state index in [0.29, 0.717) is 6.54 Å². The normalized spacial score (nSPS) is 9.61. The number of hydrogen-bond acceptors (Lipinski definition) is 5. The summed E-state index contributed by atoms with van der Waals surface area (Å²) in [6.07, 6.45) is 1.35. The second-order valence-corrected chi connectivity index (χ2v) is 3.51. The number of halogens is 1. The number of nitrogens with two attached hydrogens (primary N) is 1. The lowest BCUT2D eigenvalue weighted by molar-refractivity contribution is 0.414. The Morgan fingerprint density at radius 2 is 2.06 bits per heavy atom. The van der Waals surface area contributed by atoms with Crippen molar-refractivity contribution in [2.24, 2.45) is 5.18 Å². The number of ether oxygens (including phenoxy) is 1. The van der Waals surface area contributed by atoms with Crippen LogP contribution in [0.25, 0.3) is 0 Å².